The summed E-state index contributed by atoms with van der Waals surface area (Å²) in [7, 11) is 0. The molecule has 0 unspecified atom stereocenters. The Morgan fingerprint density at radius 2 is 2.33 bits per heavy atom. The normalized spacial score (nSPS) is 10.9. The number of nitrogens with zero attached hydrogens (tertiary/aromatic N) is 4. The van der Waals surface area contributed by atoms with Crippen LogP contribution in [0, 0.1) is 0 Å². The zero-order valence-electron chi connectivity index (χ0n) is 9.48. The number of rotatable bonds is 4. The fourth-order valence-corrected chi connectivity index (χ4v) is 2.36. The highest BCUT2D eigenvalue weighted by atomic mass is 32.1. The summed E-state index contributed by atoms with van der Waals surface area (Å²) in [6.07, 6.45) is 2.33. The zero-order valence-corrected chi connectivity index (χ0v) is 10.3. The maximum absolute atomic E-state index is 5.67. The highest BCUT2D eigenvalue weighted by Crippen LogP contribution is 2.16. The van der Waals surface area contributed by atoms with Crippen molar-refractivity contribution in [2.24, 2.45) is 0 Å². The Morgan fingerprint density at radius 1 is 1.39 bits per heavy atom. The molecule has 2 heterocycles. The SMILES string of the molecule is Nc1cccc(OCCc2nn3cnnc3s2)c1. The molecule has 0 bridgehead atoms. The van der Waals surface area contributed by atoms with E-state index in [-0.39, 0.29) is 0 Å². The molecule has 0 amide bonds. The molecule has 0 fully saturated rings. The van der Waals surface area contributed by atoms with E-state index in [2.05, 4.69) is 15.3 Å². The van der Waals surface area contributed by atoms with Crippen molar-refractivity contribution >= 4 is 22.0 Å². The number of nitrogen functional groups attached to an aromatic ring is 1. The van der Waals surface area contributed by atoms with Crippen LogP contribution < -0.4 is 10.5 Å². The summed E-state index contributed by atoms with van der Waals surface area (Å²) in [6, 6.07) is 7.39. The molecule has 1 aromatic carbocycles. The minimum absolute atomic E-state index is 0.563. The summed E-state index contributed by atoms with van der Waals surface area (Å²) >= 11 is 1.52. The van der Waals surface area contributed by atoms with Gasteiger partial charge in [0.1, 0.15) is 17.1 Å². The Labute approximate surface area is 107 Å². The molecule has 18 heavy (non-hydrogen) atoms. The predicted molar refractivity (Wildman–Crippen MR) is 68.7 cm³/mol. The number of fused-ring (bicyclic) bond motifs is 1. The fraction of sp³-hybridized carbons (Fsp3) is 0.182. The van der Waals surface area contributed by atoms with Gasteiger partial charge in [0.05, 0.1) is 6.61 Å². The molecule has 0 aliphatic heterocycles. The van der Waals surface area contributed by atoms with Gasteiger partial charge in [0.25, 0.3) is 0 Å². The smallest absolute Gasteiger partial charge is 0.234 e. The molecule has 0 aliphatic rings. The van der Waals surface area contributed by atoms with Crippen LogP contribution in [0.1, 0.15) is 5.01 Å². The van der Waals surface area contributed by atoms with Gasteiger partial charge >= 0.3 is 0 Å². The zero-order chi connectivity index (χ0) is 12.4. The lowest BCUT2D eigenvalue weighted by molar-refractivity contribution is 0.321. The number of aromatic nitrogens is 4. The van der Waals surface area contributed by atoms with Crippen molar-refractivity contribution in [3.63, 3.8) is 0 Å². The van der Waals surface area contributed by atoms with Gasteiger partial charge < -0.3 is 10.5 Å². The van der Waals surface area contributed by atoms with Gasteiger partial charge in [-0.1, -0.05) is 17.4 Å². The quantitative estimate of drug-likeness (QED) is 0.718. The van der Waals surface area contributed by atoms with E-state index in [1.54, 1.807) is 16.9 Å². The third-order valence-electron chi connectivity index (χ3n) is 2.37. The first-order valence-corrected chi connectivity index (χ1v) is 6.27. The Bertz CT molecular complexity index is 634. The summed E-state index contributed by atoms with van der Waals surface area (Å²) in [5.41, 5.74) is 6.37. The van der Waals surface area contributed by atoms with E-state index >= 15 is 0 Å². The third-order valence-corrected chi connectivity index (χ3v) is 3.34. The van der Waals surface area contributed by atoms with E-state index in [0.29, 0.717) is 12.3 Å². The minimum Gasteiger partial charge on any atom is -0.493 e. The first kappa shape index (κ1) is 11.0. The molecule has 3 aromatic rings. The summed E-state index contributed by atoms with van der Waals surface area (Å²) < 4.78 is 7.27. The lowest BCUT2D eigenvalue weighted by atomic mass is 10.3. The lowest BCUT2D eigenvalue weighted by Gasteiger charge is -2.04. The molecule has 0 radical (unpaired) electrons. The van der Waals surface area contributed by atoms with Gasteiger partial charge in [-0.3, -0.25) is 0 Å². The summed E-state index contributed by atoms with van der Waals surface area (Å²) in [4.78, 5) is 0.800. The van der Waals surface area contributed by atoms with Crippen LogP contribution in [0.25, 0.3) is 4.96 Å². The van der Waals surface area contributed by atoms with E-state index in [1.165, 1.54) is 11.3 Å². The maximum atomic E-state index is 5.67. The highest BCUT2D eigenvalue weighted by Gasteiger charge is 2.05. The summed E-state index contributed by atoms with van der Waals surface area (Å²) in [5, 5.41) is 13.0. The molecule has 2 aromatic heterocycles. The molecule has 0 atom stereocenters. The number of anilines is 1. The van der Waals surface area contributed by atoms with Crippen LogP contribution in [-0.2, 0) is 6.42 Å². The van der Waals surface area contributed by atoms with Crippen LogP contribution in [0.5, 0.6) is 5.75 Å². The number of nitrogens with two attached hydrogens (primary N) is 1. The average molecular weight is 261 g/mol. The van der Waals surface area contributed by atoms with Gasteiger partial charge in [0.15, 0.2) is 0 Å². The van der Waals surface area contributed by atoms with Gasteiger partial charge in [-0.15, -0.1) is 10.2 Å². The van der Waals surface area contributed by atoms with E-state index in [0.717, 1.165) is 22.1 Å². The molecule has 0 spiro atoms. The second-order valence-corrected chi connectivity index (χ2v) is 4.77. The van der Waals surface area contributed by atoms with E-state index in [1.807, 2.05) is 18.2 Å². The first-order valence-electron chi connectivity index (χ1n) is 5.45. The molecule has 0 saturated carbocycles. The van der Waals surface area contributed by atoms with Crippen molar-refractivity contribution in [3.8, 4) is 5.75 Å². The van der Waals surface area contributed by atoms with Crippen LogP contribution in [0.2, 0.25) is 0 Å². The lowest BCUT2D eigenvalue weighted by Crippen LogP contribution is -2.01. The Balaban J connectivity index is 1.60. The van der Waals surface area contributed by atoms with E-state index < -0.39 is 0 Å². The molecule has 92 valence electrons. The monoisotopic (exact) mass is 261 g/mol. The molecule has 0 aliphatic carbocycles. The standard InChI is InChI=1S/C11H11N5OS/c12-8-2-1-3-9(6-8)17-5-4-10-15-16-7-13-14-11(16)18-10/h1-3,6-7H,4-5,12H2. The molecule has 3 rings (SSSR count). The van der Waals surface area contributed by atoms with Crippen molar-refractivity contribution in [1.82, 2.24) is 19.8 Å². The molecule has 7 heteroatoms. The van der Waals surface area contributed by atoms with Crippen molar-refractivity contribution in [3.05, 3.63) is 35.6 Å². The second-order valence-electron chi connectivity index (χ2n) is 3.72. The minimum atomic E-state index is 0.563. The topological polar surface area (TPSA) is 78.3 Å². The molecular weight excluding hydrogens is 250 g/mol. The van der Waals surface area contributed by atoms with Gasteiger partial charge in [-0.25, -0.2) is 0 Å². The largest absolute Gasteiger partial charge is 0.493 e. The van der Waals surface area contributed by atoms with Gasteiger partial charge in [-0.2, -0.15) is 9.61 Å². The molecule has 2 N–H and O–H groups in total. The first-order chi connectivity index (χ1) is 8.81. The Morgan fingerprint density at radius 3 is 3.17 bits per heavy atom. The molecule has 6 nitrogen and oxygen atoms in total. The summed E-state index contributed by atoms with van der Waals surface area (Å²) in [5.74, 6) is 0.776. The van der Waals surface area contributed by atoms with Gasteiger partial charge in [-0.05, 0) is 12.1 Å². The van der Waals surface area contributed by atoms with Gasteiger partial charge in [0, 0.05) is 18.2 Å². The van der Waals surface area contributed by atoms with Crippen LogP contribution >= 0.6 is 11.3 Å². The molecule has 0 saturated heterocycles. The molecular formula is C11H11N5OS. The second kappa shape index (κ2) is 4.61. The number of ether oxygens (including phenoxy) is 1. The highest BCUT2D eigenvalue weighted by molar-refractivity contribution is 7.16. The Hall–Kier alpha value is -2.15. The van der Waals surface area contributed by atoms with Crippen LogP contribution in [0.3, 0.4) is 0 Å². The van der Waals surface area contributed by atoms with Crippen molar-refractivity contribution in [2.75, 3.05) is 12.3 Å². The average Bonchev–Trinajstić information content (AvgIpc) is 2.89. The van der Waals surface area contributed by atoms with Crippen LogP contribution in [0.4, 0.5) is 5.69 Å². The summed E-state index contributed by atoms with van der Waals surface area (Å²) in [6.45, 7) is 0.563. The van der Waals surface area contributed by atoms with Crippen molar-refractivity contribution in [2.45, 2.75) is 6.42 Å². The van der Waals surface area contributed by atoms with Crippen molar-refractivity contribution in [1.29, 1.82) is 0 Å². The number of benzene rings is 1. The number of hydrogen-bond acceptors (Lipinski definition) is 6. The fourth-order valence-electron chi connectivity index (χ4n) is 1.56. The predicted octanol–water partition coefficient (Wildman–Crippen LogP) is 1.39. The third kappa shape index (κ3) is 2.25. The van der Waals surface area contributed by atoms with Crippen molar-refractivity contribution < 1.29 is 4.74 Å². The van der Waals surface area contributed by atoms with Gasteiger partial charge in [0.2, 0.25) is 4.96 Å². The van der Waals surface area contributed by atoms with Crippen LogP contribution in [0.15, 0.2) is 30.6 Å². The number of hydrogen-bond donors (Lipinski definition) is 1. The Kier molecular flexibility index (Phi) is 2.81. The van der Waals surface area contributed by atoms with E-state index in [9.17, 15) is 0 Å². The van der Waals surface area contributed by atoms with Crippen LogP contribution in [-0.4, -0.2) is 26.4 Å². The maximum Gasteiger partial charge on any atom is 0.234 e. The van der Waals surface area contributed by atoms with E-state index in [4.69, 9.17) is 10.5 Å².